The number of para-hydroxylation sites is 1. The third kappa shape index (κ3) is 10.7. The Balaban J connectivity index is 1.51. The van der Waals surface area contributed by atoms with E-state index in [9.17, 15) is 22.8 Å². The smallest absolute Gasteiger partial charge is 0.337 e. The second-order valence-electron chi connectivity index (χ2n) is 11.9. The van der Waals surface area contributed by atoms with Crippen LogP contribution in [0, 0.1) is 5.53 Å². The summed E-state index contributed by atoms with van der Waals surface area (Å²) in [4.78, 5) is 49.3. The van der Waals surface area contributed by atoms with Crippen LogP contribution in [-0.2, 0) is 42.8 Å². The first-order valence-corrected chi connectivity index (χ1v) is 18.2. The summed E-state index contributed by atoms with van der Waals surface area (Å²) in [5, 5.41) is 5.88. The van der Waals surface area contributed by atoms with Crippen LogP contribution < -0.4 is 10.2 Å². The Morgan fingerprint density at radius 2 is 1.75 bits per heavy atom. The predicted octanol–water partition coefficient (Wildman–Crippen LogP) is 5.44. The molecule has 0 aliphatic heterocycles. The number of aromatic nitrogens is 3. The molecule has 3 N–H and O–H groups in total. The highest BCUT2D eigenvalue weighted by molar-refractivity contribution is 7.85. The molecule has 2 heterocycles. The zero-order chi connectivity index (χ0) is 37.0. The number of aryl methyl sites for hydroxylation is 1. The summed E-state index contributed by atoms with van der Waals surface area (Å²) >= 11 is 0. The third-order valence-corrected chi connectivity index (χ3v) is 8.64. The van der Waals surface area contributed by atoms with Crippen LogP contribution in [0.25, 0.3) is 11.0 Å². The molecule has 0 fully saturated rings. The van der Waals surface area contributed by atoms with Gasteiger partial charge in [0.2, 0.25) is 5.78 Å². The number of unbranched alkanes of at least 4 members (excludes halogenated alkanes) is 3. The van der Waals surface area contributed by atoms with Crippen LogP contribution in [0.1, 0.15) is 73.7 Å². The first kappa shape index (κ1) is 38.7. The number of ether oxygens (including phenoxy) is 2. The van der Waals surface area contributed by atoms with Crippen molar-refractivity contribution in [2.45, 2.75) is 64.6 Å². The second-order valence-corrected chi connectivity index (χ2v) is 13.3. The number of rotatable bonds is 20. The molecule has 0 saturated heterocycles. The van der Waals surface area contributed by atoms with Crippen molar-refractivity contribution in [3.8, 4) is 0 Å². The SMILES string of the molecule is CCCCCCOC(=O)C(N=N)c1ccc(N(Cc2cccc3c2nc(C(=O)CCOC(=O)[C@H](C)NCS(=O)(=O)O)n3C)c2ccccn2)cc1. The molecule has 0 amide bonds. The molecule has 2 aromatic heterocycles. The molecule has 0 spiro atoms. The number of benzene rings is 2. The van der Waals surface area contributed by atoms with Gasteiger partial charge in [0.25, 0.3) is 10.1 Å². The maximum Gasteiger partial charge on any atom is 0.337 e. The van der Waals surface area contributed by atoms with Crippen molar-refractivity contribution in [1.29, 1.82) is 5.53 Å². The van der Waals surface area contributed by atoms with Crippen molar-refractivity contribution < 1.29 is 36.8 Å². The van der Waals surface area contributed by atoms with Crippen LogP contribution in [0.2, 0.25) is 0 Å². The van der Waals surface area contributed by atoms with Crippen molar-refractivity contribution in [3.05, 3.63) is 83.8 Å². The molecule has 0 radical (unpaired) electrons. The van der Waals surface area contributed by atoms with Gasteiger partial charge in [-0.15, -0.1) is 0 Å². The Morgan fingerprint density at radius 1 is 1.00 bits per heavy atom. The van der Waals surface area contributed by atoms with E-state index in [4.69, 9.17) is 19.6 Å². The quantitative estimate of drug-likeness (QED) is 0.0343. The van der Waals surface area contributed by atoms with Crippen LogP contribution in [0.5, 0.6) is 0 Å². The monoisotopic (exact) mass is 721 g/mol. The number of carbonyl (C=O) groups is 3. The minimum atomic E-state index is -4.31. The molecule has 15 nitrogen and oxygen atoms in total. The molecule has 16 heteroatoms. The molecular formula is C35H43N7O8S. The van der Waals surface area contributed by atoms with E-state index < -0.39 is 40.0 Å². The van der Waals surface area contributed by atoms with Crippen LogP contribution in [0.4, 0.5) is 11.5 Å². The lowest BCUT2D eigenvalue weighted by molar-refractivity contribution is -0.146. The van der Waals surface area contributed by atoms with Gasteiger partial charge in [-0.05, 0) is 54.8 Å². The standard InChI is InChI=1S/C35H43N7O8S/c1-4-5-6-9-20-49-35(45)32(40-36)25-14-16-27(17-15-25)42(30-13-7-8-19-37-30)22-26-11-10-12-28-31(26)39-33(41(28)3)29(43)18-21-50-34(44)24(2)38-23-51(46,47)48/h7-8,10-17,19,24,32,36,38H,4-6,9,18,20-23H2,1-3H3,(H,46,47,48)/t24-,32?/m0/s1. The summed E-state index contributed by atoms with van der Waals surface area (Å²) in [6.07, 6.45) is 5.39. The maximum atomic E-state index is 13.2. The van der Waals surface area contributed by atoms with E-state index in [-0.39, 0.29) is 31.2 Å². The predicted molar refractivity (Wildman–Crippen MR) is 189 cm³/mol. The number of pyridine rings is 1. The van der Waals surface area contributed by atoms with Crippen LogP contribution in [0.3, 0.4) is 0 Å². The Labute approximate surface area is 296 Å². The molecule has 2 atom stereocenters. The van der Waals surface area contributed by atoms with Crippen molar-refractivity contribution >= 4 is 50.4 Å². The van der Waals surface area contributed by atoms with E-state index in [0.29, 0.717) is 29.0 Å². The fourth-order valence-electron chi connectivity index (χ4n) is 5.31. The maximum absolute atomic E-state index is 13.2. The fourth-order valence-corrected chi connectivity index (χ4v) is 5.77. The molecule has 0 aliphatic rings. The Kier molecular flexibility index (Phi) is 13.9. The largest absolute Gasteiger partial charge is 0.464 e. The third-order valence-electron chi connectivity index (χ3n) is 8.11. The highest BCUT2D eigenvalue weighted by Crippen LogP contribution is 2.31. The van der Waals surface area contributed by atoms with Gasteiger partial charge in [0.05, 0.1) is 30.8 Å². The second kappa shape index (κ2) is 18.3. The summed E-state index contributed by atoms with van der Waals surface area (Å²) in [7, 11) is -2.59. The van der Waals surface area contributed by atoms with Gasteiger partial charge < -0.3 is 18.9 Å². The summed E-state index contributed by atoms with van der Waals surface area (Å²) in [5.41, 5.74) is 11.0. The normalized spacial score (nSPS) is 12.6. The van der Waals surface area contributed by atoms with Gasteiger partial charge >= 0.3 is 11.9 Å². The lowest BCUT2D eigenvalue weighted by Crippen LogP contribution is -2.38. The lowest BCUT2D eigenvalue weighted by atomic mass is 10.1. The number of hydrogen-bond acceptors (Lipinski definition) is 13. The summed E-state index contributed by atoms with van der Waals surface area (Å²) in [6.45, 7) is 3.84. The Morgan fingerprint density at radius 3 is 2.41 bits per heavy atom. The van der Waals surface area contributed by atoms with E-state index in [1.54, 1.807) is 29.9 Å². The molecular weight excluding hydrogens is 678 g/mol. The summed E-state index contributed by atoms with van der Waals surface area (Å²) < 4.78 is 42.9. The number of Topliss-reactive ketones (excluding diaryl/α,β-unsaturated/α-hetero) is 1. The Bertz CT molecular complexity index is 1920. The number of ketones is 1. The highest BCUT2D eigenvalue weighted by atomic mass is 32.2. The zero-order valence-electron chi connectivity index (χ0n) is 28.8. The topological polar surface area (TPSA) is 206 Å². The van der Waals surface area contributed by atoms with E-state index in [0.717, 1.165) is 36.9 Å². The average molecular weight is 722 g/mol. The highest BCUT2D eigenvalue weighted by Gasteiger charge is 2.24. The molecule has 51 heavy (non-hydrogen) atoms. The fraction of sp³-hybridized carbons (Fsp3) is 0.400. The number of imidazole rings is 1. The number of nitrogens with zero attached hydrogens (tertiary/aromatic N) is 5. The van der Waals surface area contributed by atoms with Crippen molar-refractivity contribution in [2.75, 3.05) is 24.0 Å². The summed E-state index contributed by atoms with van der Waals surface area (Å²) in [6, 6.07) is 16.2. The van der Waals surface area contributed by atoms with Crippen molar-refractivity contribution in [3.63, 3.8) is 0 Å². The van der Waals surface area contributed by atoms with Gasteiger partial charge in [0.15, 0.2) is 11.9 Å². The number of carbonyl (C=O) groups excluding carboxylic acids is 3. The molecule has 1 unspecified atom stereocenters. The molecule has 272 valence electrons. The van der Waals surface area contributed by atoms with E-state index in [1.807, 2.05) is 53.4 Å². The number of hydrogen-bond donors (Lipinski definition) is 3. The molecule has 0 bridgehead atoms. The Hall–Kier alpha value is -5.06. The van der Waals surface area contributed by atoms with Crippen LogP contribution in [0.15, 0.2) is 72.0 Å². The molecule has 0 aliphatic carbocycles. The van der Waals surface area contributed by atoms with Crippen LogP contribution >= 0.6 is 0 Å². The molecule has 4 aromatic rings. The van der Waals surface area contributed by atoms with Gasteiger partial charge in [0, 0.05) is 25.4 Å². The minimum absolute atomic E-state index is 0.159. The van der Waals surface area contributed by atoms with E-state index in [2.05, 4.69) is 27.3 Å². The van der Waals surface area contributed by atoms with Gasteiger partial charge in [-0.3, -0.25) is 19.5 Å². The van der Waals surface area contributed by atoms with Crippen molar-refractivity contribution in [1.82, 2.24) is 19.9 Å². The molecule has 0 saturated carbocycles. The number of nitrogens with one attached hydrogen (secondary N) is 2. The molecule has 4 rings (SSSR count). The van der Waals surface area contributed by atoms with Gasteiger partial charge in [0.1, 0.15) is 17.7 Å². The first-order valence-electron chi connectivity index (χ1n) is 16.6. The first-order chi connectivity index (χ1) is 24.4. The summed E-state index contributed by atoms with van der Waals surface area (Å²) in [5.74, 6) is -1.71. The zero-order valence-corrected chi connectivity index (χ0v) is 29.6. The van der Waals surface area contributed by atoms with Crippen LogP contribution in [-0.4, -0.2) is 70.4 Å². The molecule has 2 aromatic carbocycles. The van der Waals surface area contributed by atoms with Gasteiger partial charge in [-0.25, -0.2) is 20.3 Å². The van der Waals surface area contributed by atoms with Gasteiger partial charge in [-0.2, -0.15) is 13.5 Å². The number of esters is 2. The van der Waals surface area contributed by atoms with E-state index in [1.165, 1.54) is 6.92 Å². The van der Waals surface area contributed by atoms with E-state index >= 15 is 0 Å². The van der Waals surface area contributed by atoms with Crippen molar-refractivity contribution in [2.24, 2.45) is 12.2 Å². The number of fused-ring (bicyclic) bond motifs is 1. The minimum Gasteiger partial charge on any atom is -0.464 e. The van der Waals surface area contributed by atoms with Gasteiger partial charge in [-0.1, -0.05) is 56.5 Å². The average Bonchev–Trinajstić information content (AvgIpc) is 3.47. The lowest BCUT2D eigenvalue weighted by Gasteiger charge is -2.24. The number of anilines is 2.